The summed E-state index contributed by atoms with van der Waals surface area (Å²) in [4.78, 5) is 27.3. The molecule has 0 amide bonds. The third-order valence-corrected chi connectivity index (χ3v) is 4.49. The fourth-order valence-electron chi connectivity index (χ4n) is 2.44. The Kier molecular flexibility index (Phi) is 4.45. The number of hydrogen-bond acceptors (Lipinski definition) is 4. The van der Waals surface area contributed by atoms with Gasteiger partial charge in [-0.15, -0.1) is 0 Å². The Morgan fingerprint density at radius 2 is 1.88 bits per heavy atom. The van der Waals surface area contributed by atoms with Crippen molar-refractivity contribution in [3.05, 3.63) is 0 Å². The van der Waals surface area contributed by atoms with Crippen molar-refractivity contribution in [1.82, 2.24) is 0 Å². The predicted octanol–water partition coefficient (Wildman–Crippen LogP) is 3.17. The van der Waals surface area contributed by atoms with Crippen LogP contribution in [0.15, 0.2) is 0 Å². The topological polar surface area (TPSA) is 69.9 Å². The molecule has 3 atom stereocenters. The standard InChI is InChI=1S/C10H21Cl2O4P/c1-7(2)8-4-5-10(3,11)6-9(8)16-17(12,13,14)15/h7-9,13-15H,4-6H2,1-3H3. The summed E-state index contributed by atoms with van der Waals surface area (Å²) < 4.78 is 4.95. The summed E-state index contributed by atoms with van der Waals surface area (Å²) in [6, 6.07) is 0. The van der Waals surface area contributed by atoms with Gasteiger partial charge in [-0.2, -0.15) is 0 Å². The van der Waals surface area contributed by atoms with E-state index in [4.69, 9.17) is 27.4 Å². The van der Waals surface area contributed by atoms with Crippen molar-refractivity contribution < 1.29 is 19.2 Å². The Morgan fingerprint density at radius 3 is 2.29 bits per heavy atom. The summed E-state index contributed by atoms with van der Waals surface area (Å²) in [5.74, 6) is 0.400. The summed E-state index contributed by atoms with van der Waals surface area (Å²) in [5.41, 5.74) is 0. The van der Waals surface area contributed by atoms with Crippen LogP contribution in [0.2, 0.25) is 0 Å². The second kappa shape index (κ2) is 4.75. The van der Waals surface area contributed by atoms with Crippen LogP contribution < -0.4 is 0 Å². The zero-order valence-electron chi connectivity index (χ0n) is 10.3. The van der Waals surface area contributed by atoms with Gasteiger partial charge in [-0.3, -0.25) is 0 Å². The number of rotatable bonds is 3. The van der Waals surface area contributed by atoms with Crippen LogP contribution in [0, 0.1) is 11.8 Å². The van der Waals surface area contributed by atoms with Crippen molar-refractivity contribution in [2.45, 2.75) is 51.0 Å². The second-order valence-electron chi connectivity index (χ2n) is 5.52. The van der Waals surface area contributed by atoms with Gasteiger partial charge in [0.15, 0.2) is 0 Å². The maximum atomic E-state index is 9.25. The van der Waals surface area contributed by atoms with Gasteiger partial charge in [-0.1, -0.05) is 0 Å². The SMILES string of the molecule is CC(C)C1CCC(C)(Cl)CC1OP(O)(O)(O)Cl. The molecule has 0 heterocycles. The van der Waals surface area contributed by atoms with Gasteiger partial charge >= 0.3 is 112 Å². The molecular weight excluding hydrogens is 286 g/mol. The van der Waals surface area contributed by atoms with E-state index < -0.39 is 17.8 Å². The van der Waals surface area contributed by atoms with E-state index in [1.807, 2.05) is 20.8 Å². The third-order valence-electron chi connectivity index (χ3n) is 3.28. The minimum atomic E-state index is -5.44. The predicted molar refractivity (Wildman–Crippen MR) is 70.7 cm³/mol. The van der Waals surface area contributed by atoms with E-state index in [1.165, 1.54) is 0 Å². The van der Waals surface area contributed by atoms with Crippen molar-refractivity contribution in [2.24, 2.45) is 11.8 Å². The maximum absolute atomic E-state index is 9.25. The summed E-state index contributed by atoms with van der Waals surface area (Å²) in [6.07, 6.45) is 1.54. The Hall–Kier alpha value is 0.850. The van der Waals surface area contributed by atoms with E-state index >= 15 is 0 Å². The zero-order valence-corrected chi connectivity index (χ0v) is 12.7. The third kappa shape index (κ3) is 5.56. The molecule has 104 valence electrons. The first-order valence-electron chi connectivity index (χ1n) is 5.72. The molecule has 0 spiro atoms. The van der Waals surface area contributed by atoms with E-state index in [9.17, 15) is 14.7 Å². The number of alkyl halides is 1. The van der Waals surface area contributed by atoms with Crippen LogP contribution in [0.5, 0.6) is 0 Å². The molecule has 0 saturated heterocycles. The molecule has 1 rings (SSSR count). The van der Waals surface area contributed by atoms with Crippen LogP contribution in [0.1, 0.15) is 40.0 Å². The molecular formula is C10H21Cl2O4P. The first-order valence-corrected chi connectivity index (χ1v) is 9.02. The first-order chi connectivity index (χ1) is 7.36. The summed E-state index contributed by atoms with van der Waals surface area (Å²) >= 11 is 11.5. The molecule has 3 unspecified atom stereocenters. The molecule has 1 aliphatic carbocycles. The van der Waals surface area contributed by atoms with E-state index in [-0.39, 0.29) is 5.92 Å². The monoisotopic (exact) mass is 306 g/mol. The molecule has 0 aliphatic heterocycles. The van der Waals surface area contributed by atoms with Gasteiger partial charge in [0.1, 0.15) is 0 Å². The second-order valence-corrected chi connectivity index (χ2v) is 10.0. The van der Waals surface area contributed by atoms with Crippen LogP contribution in [-0.2, 0) is 4.52 Å². The fraction of sp³-hybridized carbons (Fsp3) is 1.00. The molecule has 0 bridgehead atoms. The summed E-state index contributed by atoms with van der Waals surface area (Å²) in [5, 5.41) is 0. The minimum absolute atomic E-state index is 0.105. The van der Waals surface area contributed by atoms with E-state index in [2.05, 4.69) is 0 Å². The summed E-state index contributed by atoms with van der Waals surface area (Å²) in [6.45, 7) is 0.469. The van der Waals surface area contributed by atoms with E-state index in [0.29, 0.717) is 12.3 Å². The Morgan fingerprint density at radius 1 is 1.35 bits per heavy atom. The Labute approximate surface area is 112 Å². The molecule has 1 aliphatic rings. The van der Waals surface area contributed by atoms with Gasteiger partial charge in [0.25, 0.3) is 0 Å². The van der Waals surface area contributed by atoms with Crippen molar-refractivity contribution in [3.8, 4) is 0 Å². The zero-order chi connectivity index (χ0) is 13.5. The molecule has 7 heteroatoms. The van der Waals surface area contributed by atoms with E-state index in [1.54, 1.807) is 0 Å². The average Bonchev–Trinajstić information content (AvgIpc) is 1.95. The van der Waals surface area contributed by atoms with Crippen LogP contribution in [0.4, 0.5) is 0 Å². The van der Waals surface area contributed by atoms with Crippen LogP contribution in [0.25, 0.3) is 0 Å². The Bertz CT molecular complexity index is 279. The molecule has 0 aromatic rings. The average molecular weight is 307 g/mol. The molecule has 17 heavy (non-hydrogen) atoms. The molecule has 3 N–H and O–H groups in total. The van der Waals surface area contributed by atoms with Gasteiger partial charge in [-0.25, -0.2) is 0 Å². The van der Waals surface area contributed by atoms with Crippen LogP contribution in [-0.4, -0.2) is 25.7 Å². The van der Waals surface area contributed by atoms with Gasteiger partial charge in [0, 0.05) is 0 Å². The molecule has 4 nitrogen and oxygen atoms in total. The van der Waals surface area contributed by atoms with Crippen molar-refractivity contribution in [3.63, 3.8) is 0 Å². The number of halogens is 2. The Balaban J connectivity index is 2.82. The van der Waals surface area contributed by atoms with Gasteiger partial charge in [0.2, 0.25) is 0 Å². The molecule has 0 radical (unpaired) electrons. The molecule has 1 saturated carbocycles. The van der Waals surface area contributed by atoms with Gasteiger partial charge < -0.3 is 0 Å². The number of hydrogen-bond donors (Lipinski definition) is 3. The summed E-state index contributed by atoms with van der Waals surface area (Å²) in [7, 11) is 0. The van der Waals surface area contributed by atoms with Crippen LogP contribution in [0.3, 0.4) is 0 Å². The van der Waals surface area contributed by atoms with Crippen molar-refractivity contribution >= 4 is 29.7 Å². The first kappa shape index (κ1) is 15.9. The molecule has 0 aromatic carbocycles. The quantitative estimate of drug-likeness (QED) is 0.553. The van der Waals surface area contributed by atoms with E-state index in [0.717, 1.165) is 12.8 Å². The van der Waals surface area contributed by atoms with Crippen molar-refractivity contribution in [1.29, 1.82) is 0 Å². The van der Waals surface area contributed by atoms with Crippen LogP contribution >= 0.6 is 29.7 Å². The van der Waals surface area contributed by atoms with Gasteiger partial charge in [0.05, 0.1) is 0 Å². The molecule has 1 fully saturated rings. The molecule has 0 aromatic heterocycles. The van der Waals surface area contributed by atoms with Gasteiger partial charge in [-0.05, 0) is 0 Å². The normalized spacial score (nSPS) is 37.8. The fourth-order valence-corrected chi connectivity index (χ4v) is 3.70. The van der Waals surface area contributed by atoms with Crippen molar-refractivity contribution in [2.75, 3.05) is 0 Å².